The van der Waals surface area contributed by atoms with Gasteiger partial charge < -0.3 is 5.11 Å². The number of allylic oxidation sites excluding steroid dienone is 2. The predicted molar refractivity (Wildman–Crippen MR) is 85.1 cm³/mol. The molecule has 0 spiro atoms. The molecular formula is C18H32O. The fourth-order valence-electron chi connectivity index (χ4n) is 1.99. The topological polar surface area (TPSA) is 20.2 Å². The maximum Gasteiger partial charge on any atom is 0.114 e. The van der Waals surface area contributed by atoms with Gasteiger partial charge in [0.25, 0.3) is 0 Å². The molecule has 0 saturated heterocycles. The second kappa shape index (κ2) is 15.3. The van der Waals surface area contributed by atoms with Crippen LogP contribution in [0.2, 0.25) is 0 Å². The lowest BCUT2D eigenvalue weighted by Gasteiger charge is -2.02. The van der Waals surface area contributed by atoms with Crippen LogP contribution in [0.1, 0.15) is 84.5 Å². The minimum Gasteiger partial charge on any atom is -0.380 e. The van der Waals surface area contributed by atoms with E-state index < -0.39 is 6.10 Å². The molecule has 0 heterocycles. The Balaban J connectivity index is 3.22. The quantitative estimate of drug-likeness (QED) is 0.307. The maximum atomic E-state index is 9.54. The summed E-state index contributed by atoms with van der Waals surface area (Å²) in [6.07, 6.45) is 17.2. The Morgan fingerprint density at radius 2 is 1.53 bits per heavy atom. The average molecular weight is 264 g/mol. The van der Waals surface area contributed by atoms with E-state index in [-0.39, 0.29) is 0 Å². The summed E-state index contributed by atoms with van der Waals surface area (Å²) in [6, 6.07) is 0. The van der Waals surface area contributed by atoms with E-state index in [2.05, 4.69) is 30.9 Å². The molecule has 0 rings (SSSR count). The van der Waals surface area contributed by atoms with Crippen molar-refractivity contribution in [1.82, 2.24) is 0 Å². The van der Waals surface area contributed by atoms with Crippen LogP contribution >= 0.6 is 0 Å². The van der Waals surface area contributed by atoms with Crippen molar-refractivity contribution >= 4 is 0 Å². The predicted octanol–water partition coefficient (Wildman–Crippen LogP) is 5.24. The number of hydrogen-bond acceptors (Lipinski definition) is 1. The molecule has 0 aliphatic carbocycles. The van der Waals surface area contributed by atoms with Crippen molar-refractivity contribution in [1.29, 1.82) is 0 Å². The molecule has 0 aromatic heterocycles. The fraction of sp³-hybridized carbons (Fsp3) is 0.778. The molecule has 0 aliphatic rings. The van der Waals surface area contributed by atoms with Gasteiger partial charge in [-0.05, 0) is 38.5 Å². The Hall–Kier alpha value is -0.740. The largest absolute Gasteiger partial charge is 0.380 e. The van der Waals surface area contributed by atoms with Gasteiger partial charge in [-0.15, -0.1) is 5.92 Å². The molecule has 0 fully saturated rings. The van der Waals surface area contributed by atoms with Gasteiger partial charge in [0.1, 0.15) is 6.10 Å². The maximum absolute atomic E-state index is 9.54. The van der Waals surface area contributed by atoms with Crippen LogP contribution in [0.5, 0.6) is 0 Å². The van der Waals surface area contributed by atoms with Crippen LogP contribution in [0.3, 0.4) is 0 Å². The van der Waals surface area contributed by atoms with Crippen LogP contribution in [0.4, 0.5) is 0 Å². The zero-order valence-electron chi connectivity index (χ0n) is 13.0. The molecule has 1 N–H and O–H groups in total. The highest BCUT2D eigenvalue weighted by molar-refractivity contribution is 5.03. The monoisotopic (exact) mass is 264 g/mol. The number of hydrogen-bond donors (Lipinski definition) is 1. The Morgan fingerprint density at radius 1 is 0.895 bits per heavy atom. The first-order valence-electron chi connectivity index (χ1n) is 8.12. The Labute approximate surface area is 120 Å². The van der Waals surface area contributed by atoms with Crippen molar-refractivity contribution in [2.24, 2.45) is 0 Å². The minimum atomic E-state index is -0.404. The number of rotatable bonds is 11. The van der Waals surface area contributed by atoms with Gasteiger partial charge in [-0.3, -0.25) is 0 Å². The first kappa shape index (κ1) is 18.3. The van der Waals surface area contributed by atoms with Gasteiger partial charge in [-0.2, -0.15) is 0 Å². The molecule has 1 atom stereocenters. The molecule has 1 nitrogen and oxygen atoms in total. The lowest BCUT2D eigenvalue weighted by atomic mass is 10.1. The second-order valence-corrected chi connectivity index (χ2v) is 5.15. The summed E-state index contributed by atoms with van der Waals surface area (Å²) >= 11 is 0. The van der Waals surface area contributed by atoms with Crippen molar-refractivity contribution in [3.05, 3.63) is 12.2 Å². The fourth-order valence-corrected chi connectivity index (χ4v) is 1.99. The summed E-state index contributed by atoms with van der Waals surface area (Å²) in [5.74, 6) is 5.79. The van der Waals surface area contributed by atoms with E-state index in [0.29, 0.717) is 0 Å². The first-order valence-corrected chi connectivity index (χ1v) is 8.12. The minimum absolute atomic E-state index is 0.404. The SMILES string of the molecule is CCC#CC(O)CCCCCCC=CCCCCC. The number of aliphatic hydroxyl groups is 1. The molecule has 1 unspecified atom stereocenters. The number of aliphatic hydroxyl groups excluding tert-OH is 1. The summed E-state index contributed by atoms with van der Waals surface area (Å²) < 4.78 is 0. The molecule has 19 heavy (non-hydrogen) atoms. The Kier molecular flexibility index (Phi) is 14.7. The van der Waals surface area contributed by atoms with E-state index in [1.807, 2.05) is 6.92 Å². The second-order valence-electron chi connectivity index (χ2n) is 5.15. The van der Waals surface area contributed by atoms with Crippen molar-refractivity contribution in [3.63, 3.8) is 0 Å². The molecule has 1 heteroatoms. The number of unbranched alkanes of at least 4 members (excludes halogenated alkanes) is 7. The normalized spacial score (nSPS) is 12.4. The van der Waals surface area contributed by atoms with E-state index in [9.17, 15) is 5.11 Å². The highest BCUT2D eigenvalue weighted by Crippen LogP contribution is 2.08. The highest BCUT2D eigenvalue weighted by Gasteiger charge is 1.97. The molecule has 0 amide bonds. The molecule has 0 aliphatic heterocycles. The van der Waals surface area contributed by atoms with E-state index in [4.69, 9.17) is 0 Å². The van der Waals surface area contributed by atoms with E-state index in [0.717, 1.165) is 19.3 Å². The van der Waals surface area contributed by atoms with Gasteiger partial charge in [0, 0.05) is 6.42 Å². The molecule has 0 aromatic rings. The van der Waals surface area contributed by atoms with Crippen molar-refractivity contribution < 1.29 is 5.11 Å². The van der Waals surface area contributed by atoms with Crippen LogP contribution in [0, 0.1) is 11.8 Å². The third kappa shape index (κ3) is 15.2. The smallest absolute Gasteiger partial charge is 0.114 e. The van der Waals surface area contributed by atoms with E-state index >= 15 is 0 Å². The van der Waals surface area contributed by atoms with Gasteiger partial charge in [0.15, 0.2) is 0 Å². The summed E-state index contributed by atoms with van der Waals surface area (Å²) in [5, 5.41) is 9.54. The Bertz CT molecular complexity index is 257. The molecule has 0 aromatic carbocycles. The van der Waals surface area contributed by atoms with Crippen LogP contribution in [-0.2, 0) is 0 Å². The molecule has 0 saturated carbocycles. The summed E-state index contributed by atoms with van der Waals surface area (Å²) in [7, 11) is 0. The van der Waals surface area contributed by atoms with Gasteiger partial charge >= 0.3 is 0 Å². The van der Waals surface area contributed by atoms with Gasteiger partial charge in [0.2, 0.25) is 0 Å². The van der Waals surface area contributed by atoms with Crippen molar-refractivity contribution in [2.45, 2.75) is 90.6 Å². The molecular weight excluding hydrogens is 232 g/mol. The van der Waals surface area contributed by atoms with Crippen LogP contribution < -0.4 is 0 Å². The van der Waals surface area contributed by atoms with E-state index in [1.165, 1.54) is 51.4 Å². The third-order valence-electron chi connectivity index (χ3n) is 3.18. The zero-order valence-corrected chi connectivity index (χ0v) is 13.0. The zero-order chi connectivity index (χ0) is 14.2. The standard InChI is InChI=1S/C18H32O/c1-3-5-7-8-9-10-11-12-13-14-15-17-18(19)16-6-4-2/h9-10,18-19H,3-5,7-8,11-15,17H2,1-2H3. The third-order valence-corrected chi connectivity index (χ3v) is 3.18. The van der Waals surface area contributed by atoms with Gasteiger partial charge in [0.05, 0.1) is 0 Å². The van der Waals surface area contributed by atoms with Crippen molar-refractivity contribution in [3.8, 4) is 11.8 Å². The molecule has 0 bridgehead atoms. The first-order chi connectivity index (χ1) is 9.31. The highest BCUT2D eigenvalue weighted by atomic mass is 16.3. The lowest BCUT2D eigenvalue weighted by molar-refractivity contribution is 0.217. The molecule has 110 valence electrons. The average Bonchev–Trinajstić information content (AvgIpc) is 2.42. The Morgan fingerprint density at radius 3 is 2.16 bits per heavy atom. The summed E-state index contributed by atoms with van der Waals surface area (Å²) in [4.78, 5) is 0. The van der Waals surface area contributed by atoms with Crippen LogP contribution in [-0.4, -0.2) is 11.2 Å². The summed E-state index contributed by atoms with van der Waals surface area (Å²) in [5.41, 5.74) is 0. The van der Waals surface area contributed by atoms with E-state index in [1.54, 1.807) is 0 Å². The molecule has 0 radical (unpaired) electrons. The van der Waals surface area contributed by atoms with Crippen LogP contribution in [0.25, 0.3) is 0 Å². The van der Waals surface area contributed by atoms with Crippen LogP contribution in [0.15, 0.2) is 12.2 Å². The van der Waals surface area contributed by atoms with Gasteiger partial charge in [-0.25, -0.2) is 0 Å². The van der Waals surface area contributed by atoms with Gasteiger partial charge in [-0.1, -0.05) is 57.6 Å². The lowest BCUT2D eigenvalue weighted by Crippen LogP contribution is -2.01. The summed E-state index contributed by atoms with van der Waals surface area (Å²) in [6.45, 7) is 4.25. The van der Waals surface area contributed by atoms with Crippen molar-refractivity contribution in [2.75, 3.05) is 0 Å².